The zero-order valence-electron chi connectivity index (χ0n) is 10.7. The van der Waals surface area contributed by atoms with Crippen molar-refractivity contribution in [3.8, 4) is 0 Å². The standard InChI is InChI=1S/C13H14BrClN2O2/c1-3-8-10(14)5-11(15)9-6-17(16-13(8)9)7-12(18)19-4-2/h5-6H,3-4,7H2,1-2H3. The van der Waals surface area contributed by atoms with Crippen LogP contribution in [-0.2, 0) is 22.5 Å². The number of aryl methyl sites for hydroxylation is 1. The number of hydrogen-bond donors (Lipinski definition) is 0. The lowest BCUT2D eigenvalue weighted by atomic mass is 10.1. The molecule has 0 spiro atoms. The normalized spacial score (nSPS) is 10.9. The number of nitrogens with zero attached hydrogens (tertiary/aromatic N) is 2. The first-order valence-electron chi connectivity index (χ1n) is 6.06. The van der Waals surface area contributed by atoms with Gasteiger partial charge in [-0.25, -0.2) is 0 Å². The van der Waals surface area contributed by atoms with Crippen molar-refractivity contribution in [3.05, 3.63) is 27.3 Å². The Labute approximate surface area is 124 Å². The van der Waals surface area contributed by atoms with Gasteiger partial charge in [0.2, 0.25) is 0 Å². The largest absolute Gasteiger partial charge is 0.465 e. The summed E-state index contributed by atoms with van der Waals surface area (Å²) in [7, 11) is 0. The fraction of sp³-hybridized carbons (Fsp3) is 0.385. The highest BCUT2D eigenvalue weighted by Gasteiger charge is 2.14. The molecule has 0 fully saturated rings. The van der Waals surface area contributed by atoms with Crippen LogP contribution in [0.4, 0.5) is 0 Å². The Hall–Kier alpha value is -1.07. The number of ether oxygens (including phenoxy) is 1. The average Bonchev–Trinajstić information content (AvgIpc) is 2.73. The third-order valence-electron chi connectivity index (χ3n) is 2.80. The molecule has 0 radical (unpaired) electrons. The second-order valence-electron chi connectivity index (χ2n) is 4.07. The fourth-order valence-electron chi connectivity index (χ4n) is 1.96. The number of fused-ring (bicyclic) bond motifs is 1. The first-order chi connectivity index (χ1) is 9.06. The number of carbonyl (C=O) groups is 1. The van der Waals surface area contributed by atoms with E-state index in [9.17, 15) is 4.79 Å². The van der Waals surface area contributed by atoms with Crippen molar-refractivity contribution >= 4 is 44.4 Å². The van der Waals surface area contributed by atoms with Crippen LogP contribution in [0.5, 0.6) is 0 Å². The second kappa shape index (κ2) is 5.92. The van der Waals surface area contributed by atoms with Crippen LogP contribution >= 0.6 is 27.5 Å². The summed E-state index contributed by atoms with van der Waals surface area (Å²) in [4.78, 5) is 11.5. The molecule has 102 valence electrons. The number of hydrogen-bond acceptors (Lipinski definition) is 3. The lowest BCUT2D eigenvalue weighted by molar-refractivity contribution is -0.144. The highest BCUT2D eigenvalue weighted by atomic mass is 79.9. The lowest BCUT2D eigenvalue weighted by Crippen LogP contribution is -2.13. The van der Waals surface area contributed by atoms with Gasteiger partial charge in [-0.2, -0.15) is 5.10 Å². The van der Waals surface area contributed by atoms with Gasteiger partial charge in [-0.1, -0.05) is 34.5 Å². The van der Waals surface area contributed by atoms with Gasteiger partial charge in [0.05, 0.1) is 17.1 Å². The Morgan fingerprint density at radius 2 is 2.26 bits per heavy atom. The quantitative estimate of drug-likeness (QED) is 0.796. The van der Waals surface area contributed by atoms with Crippen LogP contribution in [0, 0.1) is 0 Å². The minimum atomic E-state index is -0.302. The van der Waals surface area contributed by atoms with Crippen LogP contribution in [0.15, 0.2) is 16.7 Å². The van der Waals surface area contributed by atoms with E-state index < -0.39 is 0 Å². The van der Waals surface area contributed by atoms with Crippen LogP contribution in [0.2, 0.25) is 5.02 Å². The van der Waals surface area contributed by atoms with Crippen molar-refractivity contribution in [2.24, 2.45) is 0 Å². The number of carbonyl (C=O) groups excluding carboxylic acids is 1. The molecule has 0 aliphatic heterocycles. The third kappa shape index (κ3) is 2.92. The van der Waals surface area contributed by atoms with E-state index in [0.717, 1.165) is 27.4 Å². The molecule has 0 saturated carbocycles. The number of benzene rings is 1. The minimum absolute atomic E-state index is 0.0968. The van der Waals surface area contributed by atoms with E-state index in [-0.39, 0.29) is 12.5 Å². The van der Waals surface area contributed by atoms with E-state index >= 15 is 0 Å². The molecule has 1 aromatic carbocycles. The summed E-state index contributed by atoms with van der Waals surface area (Å²) in [6.45, 7) is 4.30. The molecule has 0 bridgehead atoms. The van der Waals surface area contributed by atoms with Gasteiger partial charge in [0.15, 0.2) is 0 Å². The first-order valence-corrected chi connectivity index (χ1v) is 7.23. The average molecular weight is 346 g/mol. The molecule has 0 saturated heterocycles. The Bertz CT molecular complexity index is 625. The van der Waals surface area contributed by atoms with Gasteiger partial charge >= 0.3 is 5.97 Å². The smallest absolute Gasteiger partial charge is 0.327 e. The first kappa shape index (κ1) is 14.3. The monoisotopic (exact) mass is 344 g/mol. The molecule has 1 aromatic heterocycles. The molecule has 4 nitrogen and oxygen atoms in total. The summed E-state index contributed by atoms with van der Waals surface area (Å²) in [5, 5.41) is 5.90. The number of aromatic nitrogens is 2. The Morgan fingerprint density at radius 3 is 2.89 bits per heavy atom. The van der Waals surface area contributed by atoms with E-state index in [1.807, 2.05) is 6.07 Å². The van der Waals surface area contributed by atoms with E-state index in [0.29, 0.717) is 11.6 Å². The van der Waals surface area contributed by atoms with Crippen molar-refractivity contribution in [3.63, 3.8) is 0 Å². The summed E-state index contributed by atoms with van der Waals surface area (Å²) in [6, 6.07) is 1.86. The molecule has 0 unspecified atom stereocenters. The van der Waals surface area contributed by atoms with Crippen molar-refractivity contribution in [2.45, 2.75) is 26.8 Å². The number of halogens is 2. The number of esters is 1. The molecule has 0 amide bonds. The molecule has 6 heteroatoms. The van der Waals surface area contributed by atoms with Gasteiger partial charge in [-0.15, -0.1) is 0 Å². The van der Waals surface area contributed by atoms with Crippen molar-refractivity contribution in [2.75, 3.05) is 6.61 Å². The van der Waals surface area contributed by atoms with Crippen molar-refractivity contribution in [1.82, 2.24) is 9.78 Å². The van der Waals surface area contributed by atoms with E-state index in [2.05, 4.69) is 28.0 Å². The summed E-state index contributed by atoms with van der Waals surface area (Å²) in [5.74, 6) is -0.302. The molecule has 2 aromatic rings. The van der Waals surface area contributed by atoms with Crippen molar-refractivity contribution < 1.29 is 9.53 Å². The molecule has 0 aliphatic rings. The van der Waals surface area contributed by atoms with Crippen LogP contribution < -0.4 is 0 Å². The van der Waals surface area contributed by atoms with Gasteiger partial charge in [0.1, 0.15) is 6.54 Å². The molecular weight excluding hydrogens is 332 g/mol. The van der Waals surface area contributed by atoms with Gasteiger partial charge in [0, 0.05) is 16.1 Å². The van der Waals surface area contributed by atoms with Gasteiger partial charge < -0.3 is 4.74 Å². The predicted molar refractivity (Wildman–Crippen MR) is 78.5 cm³/mol. The third-order valence-corrected chi connectivity index (χ3v) is 3.82. The van der Waals surface area contributed by atoms with Gasteiger partial charge in [-0.05, 0) is 25.0 Å². The zero-order valence-corrected chi connectivity index (χ0v) is 13.1. The zero-order chi connectivity index (χ0) is 14.0. The molecule has 19 heavy (non-hydrogen) atoms. The predicted octanol–water partition coefficient (Wildman–Crippen LogP) is 3.58. The summed E-state index contributed by atoms with van der Waals surface area (Å²) in [5.41, 5.74) is 1.91. The van der Waals surface area contributed by atoms with Crippen LogP contribution in [0.25, 0.3) is 10.9 Å². The molecule has 2 rings (SSSR count). The van der Waals surface area contributed by atoms with Crippen LogP contribution in [0.3, 0.4) is 0 Å². The molecule has 0 N–H and O–H groups in total. The topological polar surface area (TPSA) is 44.1 Å². The number of rotatable bonds is 4. The molecular formula is C13H14BrClN2O2. The highest BCUT2D eigenvalue weighted by Crippen LogP contribution is 2.32. The lowest BCUT2D eigenvalue weighted by Gasteiger charge is -2.03. The van der Waals surface area contributed by atoms with Gasteiger partial charge in [0.25, 0.3) is 0 Å². The van der Waals surface area contributed by atoms with Crippen LogP contribution in [0.1, 0.15) is 19.4 Å². The summed E-state index contributed by atoms with van der Waals surface area (Å²) >= 11 is 9.69. The Kier molecular flexibility index (Phi) is 4.47. The minimum Gasteiger partial charge on any atom is -0.465 e. The summed E-state index contributed by atoms with van der Waals surface area (Å²) in [6.07, 6.45) is 2.62. The summed E-state index contributed by atoms with van der Waals surface area (Å²) < 4.78 is 7.42. The molecule has 0 aliphatic carbocycles. The maximum atomic E-state index is 11.5. The Morgan fingerprint density at radius 1 is 1.53 bits per heavy atom. The maximum Gasteiger partial charge on any atom is 0.327 e. The van der Waals surface area contributed by atoms with Gasteiger partial charge in [-0.3, -0.25) is 9.48 Å². The SMILES string of the molecule is CCOC(=O)Cn1cc2c(Cl)cc(Br)c(CC)c2n1. The fourth-order valence-corrected chi connectivity index (χ4v) is 3.04. The van der Waals surface area contributed by atoms with E-state index in [1.54, 1.807) is 17.8 Å². The maximum absolute atomic E-state index is 11.5. The molecule has 0 atom stereocenters. The molecule has 1 heterocycles. The van der Waals surface area contributed by atoms with Crippen molar-refractivity contribution in [1.29, 1.82) is 0 Å². The van der Waals surface area contributed by atoms with Crippen LogP contribution in [-0.4, -0.2) is 22.4 Å². The highest BCUT2D eigenvalue weighted by molar-refractivity contribution is 9.10. The Balaban J connectivity index is 2.45. The second-order valence-corrected chi connectivity index (χ2v) is 5.33. The van der Waals surface area contributed by atoms with E-state index in [1.165, 1.54) is 0 Å². The van der Waals surface area contributed by atoms with E-state index in [4.69, 9.17) is 16.3 Å².